The Kier molecular flexibility index (Phi) is 4.85. The molecule has 0 aliphatic heterocycles. The standard InChI is InChI=1S/C12H21NO2/c1-9(2)6-7-14-12(8-13)11-5-4-10(3)15-11/h4-5,9,12H,6-8,13H2,1-3H3. The predicted octanol–water partition coefficient (Wildman–Crippen LogP) is 2.65. The summed E-state index contributed by atoms with van der Waals surface area (Å²) in [5, 5.41) is 0. The minimum Gasteiger partial charge on any atom is -0.464 e. The molecule has 0 amide bonds. The van der Waals surface area contributed by atoms with Gasteiger partial charge in [0, 0.05) is 13.2 Å². The topological polar surface area (TPSA) is 48.4 Å². The lowest BCUT2D eigenvalue weighted by atomic mass is 10.1. The molecule has 2 N–H and O–H groups in total. The Bertz CT molecular complexity index is 281. The van der Waals surface area contributed by atoms with Gasteiger partial charge >= 0.3 is 0 Å². The van der Waals surface area contributed by atoms with E-state index in [0.29, 0.717) is 12.5 Å². The second kappa shape index (κ2) is 5.93. The molecule has 0 saturated carbocycles. The van der Waals surface area contributed by atoms with Gasteiger partial charge in [0.15, 0.2) is 0 Å². The van der Waals surface area contributed by atoms with Crippen LogP contribution in [0.1, 0.15) is 37.9 Å². The maximum Gasteiger partial charge on any atom is 0.134 e. The number of hydrogen-bond donors (Lipinski definition) is 1. The summed E-state index contributed by atoms with van der Waals surface area (Å²) in [5.74, 6) is 2.39. The normalized spacial score (nSPS) is 13.4. The summed E-state index contributed by atoms with van der Waals surface area (Å²) >= 11 is 0. The number of furan rings is 1. The van der Waals surface area contributed by atoms with Crippen LogP contribution in [0.25, 0.3) is 0 Å². The van der Waals surface area contributed by atoms with E-state index in [1.54, 1.807) is 0 Å². The highest BCUT2D eigenvalue weighted by atomic mass is 16.5. The molecule has 1 aromatic rings. The number of ether oxygens (including phenoxy) is 1. The van der Waals surface area contributed by atoms with Crippen LogP contribution in [0.3, 0.4) is 0 Å². The van der Waals surface area contributed by atoms with Gasteiger partial charge in [-0.05, 0) is 31.4 Å². The van der Waals surface area contributed by atoms with Gasteiger partial charge in [0.25, 0.3) is 0 Å². The Morgan fingerprint density at radius 3 is 2.60 bits per heavy atom. The van der Waals surface area contributed by atoms with Gasteiger partial charge in [-0.3, -0.25) is 0 Å². The molecule has 0 saturated heterocycles. The van der Waals surface area contributed by atoms with Gasteiger partial charge in [-0.2, -0.15) is 0 Å². The van der Waals surface area contributed by atoms with E-state index in [4.69, 9.17) is 14.9 Å². The molecule has 0 aliphatic rings. The van der Waals surface area contributed by atoms with E-state index < -0.39 is 0 Å². The van der Waals surface area contributed by atoms with Gasteiger partial charge < -0.3 is 14.9 Å². The van der Waals surface area contributed by atoms with E-state index in [1.807, 2.05) is 19.1 Å². The molecule has 1 unspecified atom stereocenters. The lowest BCUT2D eigenvalue weighted by Gasteiger charge is -2.14. The zero-order valence-corrected chi connectivity index (χ0v) is 9.82. The van der Waals surface area contributed by atoms with E-state index in [9.17, 15) is 0 Å². The number of nitrogens with two attached hydrogens (primary N) is 1. The van der Waals surface area contributed by atoms with Crippen molar-refractivity contribution in [2.24, 2.45) is 11.7 Å². The van der Waals surface area contributed by atoms with Crippen LogP contribution in [0.15, 0.2) is 16.5 Å². The van der Waals surface area contributed by atoms with Crippen LogP contribution in [0.2, 0.25) is 0 Å². The SMILES string of the molecule is Cc1ccc(C(CN)OCCC(C)C)o1. The molecular formula is C12H21NO2. The fourth-order valence-electron chi connectivity index (χ4n) is 1.34. The Morgan fingerprint density at radius 1 is 1.40 bits per heavy atom. The molecule has 1 rings (SSSR count). The third-order valence-electron chi connectivity index (χ3n) is 2.31. The molecule has 0 fully saturated rings. The van der Waals surface area contributed by atoms with Crippen molar-refractivity contribution in [2.45, 2.75) is 33.3 Å². The minimum atomic E-state index is -0.0996. The maximum atomic E-state index is 5.68. The fraction of sp³-hybridized carbons (Fsp3) is 0.667. The first-order valence-corrected chi connectivity index (χ1v) is 5.51. The van der Waals surface area contributed by atoms with Crippen LogP contribution >= 0.6 is 0 Å². The van der Waals surface area contributed by atoms with E-state index in [2.05, 4.69) is 13.8 Å². The Balaban J connectivity index is 2.42. The van der Waals surface area contributed by atoms with Gasteiger partial charge in [-0.1, -0.05) is 13.8 Å². The van der Waals surface area contributed by atoms with Gasteiger partial charge in [0.05, 0.1) is 0 Å². The van der Waals surface area contributed by atoms with Crippen molar-refractivity contribution < 1.29 is 9.15 Å². The first kappa shape index (κ1) is 12.3. The van der Waals surface area contributed by atoms with E-state index in [-0.39, 0.29) is 6.10 Å². The quantitative estimate of drug-likeness (QED) is 0.787. The summed E-state index contributed by atoms with van der Waals surface area (Å²) in [5.41, 5.74) is 5.65. The van der Waals surface area contributed by atoms with Crippen molar-refractivity contribution in [3.8, 4) is 0 Å². The minimum absolute atomic E-state index is 0.0996. The first-order chi connectivity index (χ1) is 7.13. The van der Waals surface area contributed by atoms with Crippen molar-refractivity contribution in [1.82, 2.24) is 0 Å². The van der Waals surface area contributed by atoms with Crippen LogP contribution < -0.4 is 5.73 Å². The molecule has 15 heavy (non-hydrogen) atoms. The van der Waals surface area contributed by atoms with Gasteiger partial charge in [-0.25, -0.2) is 0 Å². The number of rotatable bonds is 6. The second-order valence-corrected chi connectivity index (χ2v) is 4.23. The average Bonchev–Trinajstić information content (AvgIpc) is 2.59. The van der Waals surface area contributed by atoms with Crippen molar-refractivity contribution in [3.63, 3.8) is 0 Å². The molecular weight excluding hydrogens is 190 g/mol. The molecule has 1 heterocycles. The molecule has 0 spiro atoms. The number of hydrogen-bond acceptors (Lipinski definition) is 3. The summed E-state index contributed by atoms with van der Waals surface area (Å²) in [6, 6.07) is 3.87. The first-order valence-electron chi connectivity index (χ1n) is 5.51. The van der Waals surface area contributed by atoms with Crippen molar-refractivity contribution in [1.29, 1.82) is 0 Å². The molecule has 1 atom stereocenters. The summed E-state index contributed by atoms with van der Waals surface area (Å²) in [6.45, 7) is 7.48. The monoisotopic (exact) mass is 211 g/mol. The largest absolute Gasteiger partial charge is 0.464 e. The molecule has 0 aromatic carbocycles. The van der Waals surface area contributed by atoms with Crippen molar-refractivity contribution >= 4 is 0 Å². The maximum absolute atomic E-state index is 5.68. The number of aryl methyl sites for hydroxylation is 1. The highest BCUT2D eigenvalue weighted by Gasteiger charge is 2.13. The summed E-state index contributed by atoms with van der Waals surface area (Å²) in [6.07, 6.45) is 0.952. The summed E-state index contributed by atoms with van der Waals surface area (Å²) in [4.78, 5) is 0. The van der Waals surface area contributed by atoms with Gasteiger partial charge in [-0.15, -0.1) is 0 Å². The third kappa shape index (κ3) is 4.06. The van der Waals surface area contributed by atoms with Crippen LogP contribution in [-0.2, 0) is 4.74 Å². The fourth-order valence-corrected chi connectivity index (χ4v) is 1.34. The van der Waals surface area contributed by atoms with E-state index in [0.717, 1.165) is 24.5 Å². The van der Waals surface area contributed by atoms with Crippen LogP contribution in [0, 0.1) is 12.8 Å². The van der Waals surface area contributed by atoms with Crippen molar-refractivity contribution in [3.05, 3.63) is 23.7 Å². The summed E-state index contributed by atoms with van der Waals surface area (Å²) in [7, 11) is 0. The molecule has 3 nitrogen and oxygen atoms in total. The van der Waals surface area contributed by atoms with Gasteiger partial charge in [0.1, 0.15) is 17.6 Å². The second-order valence-electron chi connectivity index (χ2n) is 4.23. The molecule has 0 bridgehead atoms. The van der Waals surface area contributed by atoms with Crippen molar-refractivity contribution in [2.75, 3.05) is 13.2 Å². The van der Waals surface area contributed by atoms with Gasteiger partial charge in [0.2, 0.25) is 0 Å². The van der Waals surface area contributed by atoms with Crippen LogP contribution in [0.4, 0.5) is 0 Å². The lowest BCUT2D eigenvalue weighted by molar-refractivity contribution is 0.0369. The predicted molar refractivity (Wildman–Crippen MR) is 60.6 cm³/mol. The highest BCUT2D eigenvalue weighted by molar-refractivity contribution is 5.08. The van der Waals surface area contributed by atoms with Crippen LogP contribution in [-0.4, -0.2) is 13.2 Å². The molecule has 1 aromatic heterocycles. The zero-order chi connectivity index (χ0) is 11.3. The average molecular weight is 211 g/mol. The Labute approximate surface area is 91.6 Å². The molecule has 86 valence electrons. The summed E-state index contributed by atoms with van der Waals surface area (Å²) < 4.78 is 11.2. The Hall–Kier alpha value is -0.800. The molecule has 0 aliphatic carbocycles. The Morgan fingerprint density at radius 2 is 2.13 bits per heavy atom. The molecule has 0 radical (unpaired) electrons. The van der Waals surface area contributed by atoms with Crippen LogP contribution in [0.5, 0.6) is 0 Å². The van der Waals surface area contributed by atoms with E-state index in [1.165, 1.54) is 0 Å². The smallest absolute Gasteiger partial charge is 0.134 e. The third-order valence-corrected chi connectivity index (χ3v) is 2.31. The lowest BCUT2D eigenvalue weighted by Crippen LogP contribution is -2.16. The molecule has 3 heteroatoms. The highest BCUT2D eigenvalue weighted by Crippen LogP contribution is 2.19. The van der Waals surface area contributed by atoms with E-state index >= 15 is 0 Å². The zero-order valence-electron chi connectivity index (χ0n) is 9.82.